The molecule has 3 heterocycles. The van der Waals surface area contributed by atoms with Gasteiger partial charge in [-0.3, -0.25) is 4.79 Å². The van der Waals surface area contributed by atoms with Gasteiger partial charge < -0.3 is 14.8 Å². The molecule has 7 heteroatoms. The zero-order chi connectivity index (χ0) is 14.8. The van der Waals surface area contributed by atoms with Gasteiger partial charge in [0.05, 0.1) is 5.69 Å². The van der Waals surface area contributed by atoms with Crippen molar-refractivity contribution in [3.63, 3.8) is 0 Å². The smallest absolute Gasteiger partial charge is 0.356 e. The summed E-state index contributed by atoms with van der Waals surface area (Å²) in [5, 5.41) is 11.5. The number of imidazole rings is 1. The Kier molecular flexibility index (Phi) is 3.07. The molecule has 0 saturated carbocycles. The van der Waals surface area contributed by atoms with Crippen molar-refractivity contribution >= 4 is 23.2 Å². The van der Waals surface area contributed by atoms with Gasteiger partial charge in [-0.05, 0) is 24.3 Å². The molecule has 0 unspecified atom stereocenters. The summed E-state index contributed by atoms with van der Waals surface area (Å²) in [6.07, 6.45) is 4.69. The normalized spacial score (nSPS) is 10.5. The van der Waals surface area contributed by atoms with Crippen LogP contribution < -0.4 is 5.32 Å². The fraction of sp³-hybridized carbons (Fsp3) is 0. The van der Waals surface area contributed by atoms with Gasteiger partial charge in [-0.1, -0.05) is 6.07 Å². The molecule has 1 amide bonds. The van der Waals surface area contributed by atoms with Crippen LogP contribution in [0.1, 0.15) is 21.0 Å². The highest BCUT2D eigenvalue weighted by Crippen LogP contribution is 2.14. The molecule has 0 bridgehead atoms. The van der Waals surface area contributed by atoms with Gasteiger partial charge in [0.15, 0.2) is 5.69 Å². The summed E-state index contributed by atoms with van der Waals surface area (Å²) in [5.74, 6) is -1.70. The number of carbonyl (C=O) groups is 2. The second kappa shape index (κ2) is 5.04. The van der Waals surface area contributed by atoms with Crippen molar-refractivity contribution in [2.75, 3.05) is 5.32 Å². The molecule has 0 fully saturated rings. The molecular weight excluding hydrogens is 272 g/mol. The van der Waals surface area contributed by atoms with E-state index < -0.39 is 11.9 Å². The minimum atomic E-state index is -1.21. The van der Waals surface area contributed by atoms with Crippen LogP contribution in [0.15, 0.2) is 48.9 Å². The lowest BCUT2D eigenvalue weighted by Gasteiger charge is -2.05. The number of nitrogens with zero attached hydrogens (tertiary/aromatic N) is 3. The molecule has 0 atom stereocenters. The van der Waals surface area contributed by atoms with Crippen molar-refractivity contribution < 1.29 is 14.7 Å². The van der Waals surface area contributed by atoms with Crippen LogP contribution in [0.4, 0.5) is 5.69 Å². The number of aromatic nitrogens is 3. The van der Waals surface area contributed by atoms with Crippen LogP contribution in [0.3, 0.4) is 0 Å². The summed E-state index contributed by atoms with van der Waals surface area (Å²) in [5.41, 5.74) is 0.746. The van der Waals surface area contributed by atoms with Crippen LogP contribution in [0.25, 0.3) is 5.65 Å². The molecule has 104 valence electrons. The van der Waals surface area contributed by atoms with E-state index in [-0.39, 0.29) is 17.1 Å². The molecule has 0 saturated heterocycles. The molecule has 3 aromatic rings. The average molecular weight is 282 g/mol. The van der Waals surface area contributed by atoms with Gasteiger partial charge in [0.2, 0.25) is 0 Å². The van der Waals surface area contributed by atoms with Gasteiger partial charge >= 0.3 is 5.97 Å². The summed E-state index contributed by atoms with van der Waals surface area (Å²) in [6.45, 7) is 0. The molecule has 7 nitrogen and oxygen atoms in total. The molecule has 0 spiro atoms. The van der Waals surface area contributed by atoms with E-state index in [1.165, 1.54) is 12.3 Å². The van der Waals surface area contributed by atoms with Crippen LogP contribution >= 0.6 is 0 Å². The van der Waals surface area contributed by atoms with E-state index in [1.807, 2.05) is 12.1 Å². The number of hydrogen-bond donors (Lipinski definition) is 2. The summed E-state index contributed by atoms with van der Waals surface area (Å²) < 4.78 is 1.70. The van der Waals surface area contributed by atoms with Gasteiger partial charge in [-0.15, -0.1) is 0 Å². The zero-order valence-corrected chi connectivity index (χ0v) is 10.7. The first-order valence-corrected chi connectivity index (χ1v) is 6.08. The Morgan fingerprint density at radius 2 is 2.05 bits per heavy atom. The molecule has 3 aromatic heterocycles. The van der Waals surface area contributed by atoms with Gasteiger partial charge in [0, 0.05) is 18.6 Å². The highest BCUT2D eigenvalue weighted by Gasteiger charge is 2.16. The number of fused-ring (bicyclic) bond motifs is 1. The molecule has 0 aromatic carbocycles. The third-order valence-electron chi connectivity index (χ3n) is 2.86. The molecular formula is C14H10N4O3. The SMILES string of the molecule is O=C(Nc1cccnc1C(=O)O)c1cn2ccccc2n1. The minimum Gasteiger partial charge on any atom is -0.476 e. The van der Waals surface area contributed by atoms with Crippen molar-refractivity contribution in [1.29, 1.82) is 0 Å². The summed E-state index contributed by atoms with van der Waals surface area (Å²) in [4.78, 5) is 31.1. The second-order valence-corrected chi connectivity index (χ2v) is 4.25. The van der Waals surface area contributed by atoms with Crippen LogP contribution in [0.5, 0.6) is 0 Å². The third-order valence-corrected chi connectivity index (χ3v) is 2.86. The van der Waals surface area contributed by atoms with E-state index >= 15 is 0 Å². The highest BCUT2D eigenvalue weighted by molar-refractivity contribution is 6.06. The number of carboxylic acids is 1. The number of amides is 1. The van der Waals surface area contributed by atoms with E-state index in [2.05, 4.69) is 15.3 Å². The van der Waals surface area contributed by atoms with Crippen LogP contribution in [0.2, 0.25) is 0 Å². The molecule has 2 N–H and O–H groups in total. The molecule has 0 aliphatic rings. The summed E-state index contributed by atoms with van der Waals surface area (Å²) in [6, 6.07) is 8.42. The number of carboxylic acid groups (broad SMARTS) is 1. The Bertz CT molecular complexity index is 808. The monoisotopic (exact) mass is 282 g/mol. The predicted molar refractivity (Wildman–Crippen MR) is 74.3 cm³/mol. The Morgan fingerprint density at radius 3 is 2.81 bits per heavy atom. The highest BCUT2D eigenvalue weighted by atomic mass is 16.4. The predicted octanol–water partition coefficient (Wildman–Crippen LogP) is 1.68. The Hall–Kier alpha value is -3.22. The maximum absolute atomic E-state index is 12.2. The number of nitrogens with one attached hydrogen (secondary N) is 1. The van der Waals surface area contributed by atoms with Gasteiger partial charge in [-0.2, -0.15) is 0 Å². The van der Waals surface area contributed by atoms with E-state index in [0.29, 0.717) is 5.65 Å². The number of rotatable bonds is 3. The number of aromatic carboxylic acids is 1. The van der Waals surface area contributed by atoms with Crippen LogP contribution in [-0.4, -0.2) is 31.4 Å². The Labute approximate surface area is 118 Å². The van der Waals surface area contributed by atoms with E-state index in [0.717, 1.165) is 0 Å². The first-order valence-electron chi connectivity index (χ1n) is 6.08. The van der Waals surface area contributed by atoms with Crippen molar-refractivity contribution in [1.82, 2.24) is 14.4 Å². The van der Waals surface area contributed by atoms with E-state index in [1.54, 1.807) is 28.9 Å². The topological polar surface area (TPSA) is 96.6 Å². The van der Waals surface area contributed by atoms with Crippen molar-refractivity contribution in [2.24, 2.45) is 0 Å². The lowest BCUT2D eigenvalue weighted by Crippen LogP contribution is -2.16. The lowest BCUT2D eigenvalue weighted by atomic mass is 10.3. The van der Waals surface area contributed by atoms with Crippen molar-refractivity contribution in [3.8, 4) is 0 Å². The number of carbonyl (C=O) groups excluding carboxylic acids is 1. The quantitative estimate of drug-likeness (QED) is 0.761. The minimum absolute atomic E-state index is 0.132. The molecule has 21 heavy (non-hydrogen) atoms. The second-order valence-electron chi connectivity index (χ2n) is 4.25. The van der Waals surface area contributed by atoms with Crippen molar-refractivity contribution in [2.45, 2.75) is 0 Å². The maximum atomic E-state index is 12.2. The average Bonchev–Trinajstić information content (AvgIpc) is 2.91. The molecule has 0 aliphatic heterocycles. The molecule has 0 radical (unpaired) electrons. The standard InChI is InChI=1S/C14H10N4O3/c19-13(10-8-18-7-2-1-5-11(18)16-10)17-9-4-3-6-15-12(9)14(20)21/h1-8H,(H,17,19)(H,20,21). The molecule has 3 rings (SSSR count). The molecule has 0 aliphatic carbocycles. The summed E-state index contributed by atoms with van der Waals surface area (Å²) in [7, 11) is 0. The zero-order valence-electron chi connectivity index (χ0n) is 10.7. The number of hydrogen-bond acceptors (Lipinski definition) is 4. The maximum Gasteiger partial charge on any atom is 0.356 e. The largest absolute Gasteiger partial charge is 0.476 e. The van der Waals surface area contributed by atoms with E-state index in [4.69, 9.17) is 5.11 Å². The Morgan fingerprint density at radius 1 is 1.19 bits per heavy atom. The van der Waals surface area contributed by atoms with E-state index in [9.17, 15) is 9.59 Å². The van der Waals surface area contributed by atoms with Gasteiger partial charge in [0.25, 0.3) is 5.91 Å². The van der Waals surface area contributed by atoms with Crippen molar-refractivity contribution in [3.05, 3.63) is 60.3 Å². The van der Waals surface area contributed by atoms with Crippen LogP contribution in [0, 0.1) is 0 Å². The summed E-state index contributed by atoms with van der Waals surface area (Å²) >= 11 is 0. The fourth-order valence-electron chi connectivity index (χ4n) is 1.91. The first-order chi connectivity index (χ1) is 10.1. The first kappa shape index (κ1) is 12.8. The number of pyridine rings is 2. The lowest BCUT2D eigenvalue weighted by molar-refractivity contribution is 0.0691. The van der Waals surface area contributed by atoms with Gasteiger partial charge in [-0.25, -0.2) is 14.8 Å². The van der Waals surface area contributed by atoms with Gasteiger partial charge in [0.1, 0.15) is 11.3 Å². The number of anilines is 1. The van der Waals surface area contributed by atoms with Crippen LogP contribution in [-0.2, 0) is 0 Å². The third kappa shape index (κ3) is 2.44. The fourth-order valence-corrected chi connectivity index (χ4v) is 1.91. The Balaban J connectivity index is 1.91.